The lowest BCUT2D eigenvalue weighted by molar-refractivity contribution is -0.126. The number of rotatable bonds is 5. The van der Waals surface area contributed by atoms with Crippen LogP contribution in [0, 0.1) is 5.92 Å². The van der Waals surface area contributed by atoms with Crippen LogP contribution in [0.4, 0.5) is 16.2 Å². The first kappa shape index (κ1) is 21.2. The van der Waals surface area contributed by atoms with Gasteiger partial charge >= 0.3 is 6.03 Å². The van der Waals surface area contributed by atoms with E-state index < -0.39 is 0 Å². The van der Waals surface area contributed by atoms with E-state index >= 15 is 0 Å². The first-order valence-corrected chi connectivity index (χ1v) is 11.0. The summed E-state index contributed by atoms with van der Waals surface area (Å²) in [6, 6.07) is 17.6. The summed E-state index contributed by atoms with van der Waals surface area (Å²) < 4.78 is 5.40. The molecule has 4 rings (SSSR count). The molecule has 164 valence electrons. The van der Waals surface area contributed by atoms with Crippen molar-refractivity contribution in [1.82, 2.24) is 10.2 Å². The van der Waals surface area contributed by atoms with E-state index in [1.807, 2.05) is 30.3 Å². The van der Waals surface area contributed by atoms with Crippen molar-refractivity contribution in [2.45, 2.75) is 19.4 Å². The molecule has 2 aliphatic rings. The van der Waals surface area contributed by atoms with E-state index in [1.165, 1.54) is 5.69 Å². The first-order valence-electron chi connectivity index (χ1n) is 11.0. The third-order valence-electron chi connectivity index (χ3n) is 5.88. The van der Waals surface area contributed by atoms with Gasteiger partial charge in [-0.3, -0.25) is 4.79 Å². The number of ether oxygens (including phenoxy) is 1. The Morgan fingerprint density at radius 2 is 1.71 bits per heavy atom. The van der Waals surface area contributed by atoms with Crippen LogP contribution in [0.2, 0.25) is 0 Å². The second-order valence-corrected chi connectivity index (χ2v) is 8.07. The van der Waals surface area contributed by atoms with E-state index in [4.69, 9.17) is 4.74 Å². The molecule has 0 saturated carbocycles. The lowest BCUT2D eigenvalue weighted by Gasteiger charge is -2.32. The molecule has 7 heteroatoms. The topological polar surface area (TPSA) is 73.9 Å². The number of benzene rings is 2. The maximum Gasteiger partial charge on any atom is 0.321 e. The zero-order chi connectivity index (χ0) is 21.5. The minimum Gasteiger partial charge on any atom is -0.378 e. The van der Waals surface area contributed by atoms with Crippen molar-refractivity contribution in [3.8, 4) is 0 Å². The number of nitrogens with zero attached hydrogens (tertiary/aromatic N) is 2. The summed E-state index contributed by atoms with van der Waals surface area (Å²) in [5.41, 5.74) is 3.02. The van der Waals surface area contributed by atoms with E-state index in [0.717, 1.165) is 50.4 Å². The number of morpholine rings is 1. The Morgan fingerprint density at radius 3 is 2.45 bits per heavy atom. The van der Waals surface area contributed by atoms with Crippen LogP contribution in [-0.4, -0.2) is 56.2 Å². The number of anilines is 2. The Morgan fingerprint density at radius 1 is 0.968 bits per heavy atom. The highest BCUT2D eigenvalue weighted by Crippen LogP contribution is 2.19. The summed E-state index contributed by atoms with van der Waals surface area (Å²) in [5, 5.41) is 5.95. The van der Waals surface area contributed by atoms with Gasteiger partial charge in [0.05, 0.1) is 19.1 Å². The maximum absolute atomic E-state index is 12.7. The smallest absolute Gasteiger partial charge is 0.321 e. The summed E-state index contributed by atoms with van der Waals surface area (Å²) >= 11 is 0. The molecule has 0 aromatic heterocycles. The first-order chi connectivity index (χ1) is 15.2. The number of amides is 3. The number of hydrogen-bond donors (Lipinski definition) is 2. The van der Waals surface area contributed by atoms with Crippen molar-refractivity contribution in [3.63, 3.8) is 0 Å². The molecule has 2 aromatic carbocycles. The molecule has 1 unspecified atom stereocenters. The van der Waals surface area contributed by atoms with Gasteiger partial charge in [0.25, 0.3) is 0 Å². The fourth-order valence-corrected chi connectivity index (χ4v) is 4.08. The number of para-hydroxylation sites is 1. The van der Waals surface area contributed by atoms with Crippen LogP contribution in [0.15, 0.2) is 54.6 Å². The molecule has 0 spiro atoms. The molecule has 2 heterocycles. The van der Waals surface area contributed by atoms with Crippen LogP contribution >= 0.6 is 0 Å². The molecule has 2 fully saturated rings. The molecule has 2 aliphatic heterocycles. The van der Waals surface area contributed by atoms with Crippen LogP contribution in [0.1, 0.15) is 18.4 Å². The Bertz CT molecular complexity index is 866. The number of urea groups is 1. The lowest BCUT2D eigenvalue weighted by Crippen LogP contribution is -2.46. The standard InChI is InChI=1S/C24H30N4O3/c29-23(25-17-19-8-10-22(11-9-19)27-13-15-31-16-14-27)20-5-4-12-28(18-20)24(30)26-21-6-2-1-3-7-21/h1-3,6-11,20H,4-5,12-18H2,(H,25,29)(H,26,30). The van der Waals surface area contributed by atoms with Crippen molar-refractivity contribution in [1.29, 1.82) is 0 Å². The Hall–Kier alpha value is -3.06. The summed E-state index contributed by atoms with van der Waals surface area (Å²) in [4.78, 5) is 29.3. The molecule has 2 saturated heterocycles. The monoisotopic (exact) mass is 422 g/mol. The van der Waals surface area contributed by atoms with Gasteiger partial charge in [0.15, 0.2) is 0 Å². The number of hydrogen-bond acceptors (Lipinski definition) is 4. The van der Waals surface area contributed by atoms with Gasteiger partial charge in [-0.1, -0.05) is 30.3 Å². The Kier molecular flexibility index (Phi) is 7.04. The fraction of sp³-hybridized carbons (Fsp3) is 0.417. The number of carbonyl (C=O) groups is 2. The fourth-order valence-electron chi connectivity index (χ4n) is 4.08. The number of piperidine rings is 1. The summed E-state index contributed by atoms with van der Waals surface area (Å²) in [7, 11) is 0. The van der Waals surface area contributed by atoms with E-state index in [-0.39, 0.29) is 17.9 Å². The molecule has 2 aromatic rings. The van der Waals surface area contributed by atoms with Gasteiger partial charge in [-0.05, 0) is 42.7 Å². The van der Waals surface area contributed by atoms with Gasteiger partial charge < -0.3 is 25.2 Å². The van der Waals surface area contributed by atoms with Crippen LogP contribution in [-0.2, 0) is 16.1 Å². The van der Waals surface area contributed by atoms with Gasteiger partial charge in [-0.15, -0.1) is 0 Å². The third kappa shape index (κ3) is 5.76. The predicted molar refractivity (Wildman–Crippen MR) is 121 cm³/mol. The third-order valence-corrected chi connectivity index (χ3v) is 5.88. The average Bonchev–Trinajstić information content (AvgIpc) is 2.84. The van der Waals surface area contributed by atoms with Gasteiger partial charge in [0.2, 0.25) is 5.91 Å². The van der Waals surface area contributed by atoms with Crippen molar-refractivity contribution >= 4 is 23.3 Å². The maximum atomic E-state index is 12.7. The van der Waals surface area contributed by atoms with Gasteiger partial charge in [0.1, 0.15) is 0 Å². The SMILES string of the molecule is O=C(NCc1ccc(N2CCOCC2)cc1)C1CCCN(C(=O)Nc2ccccc2)C1. The Balaban J connectivity index is 1.25. The molecule has 31 heavy (non-hydrogen) atoms. The molecule has 1 atom stereocenters. The van der Waals surface area contributed by atoms with Gasteiger partial charge in [-0.2, -0.15) is 0 Å². The van der Waals surface area contributed by atoms with E-state index in [1.54, 1.807) is 4.90 Å². The second-order valence-electron chi connectivity index (χ2n) is 8.07. The van der Waals surface area contributed by atoms with Crippen LogP contribution in [0.25, 0.3) is 0 Å². The van der Waals surface area contributed by atoms with Crippen LogP contribution in [0.3, 0.4) is 0 Å². The number of likely N-dealkylation sites (tertiary alicyclic amines) is 1. The van der Waals surface area contributed by atoms with Crippen molar-refractivity contribution in [2.75, 3.05) is 49.6 Å². The molecule has 0 radical (unpaired) electrons. The van der Waals surface area contributed by atoms with Crippen molar-refractivity contribution in [3.05, 3.63) is 60.2 Å². The second kappa shape index (κ2) is 10.3. The molecule has 0 aliphatic carbocycles. The minimum atomic E-state index is -0.178. The molecule has 3 amide bonds. The zero-order valence-corrected chi connectivity index (χ0v) is 17.8. The molecule has 2 N–H and O–H groups in total. The number of carbonyl (C=O) groups excluding carboxylic acids is 2. The largest absolute Gasteiger partial charge is 0.378 e. The van der Waals surface area contributed by atoms with Crippen LogP contribution in [0.5, 0.6) is 0 Å². The summed E-state index contributed by atoms with van der Waals surface area (Å²) in [6.45, 7) is 4.96. The predicted octanol–water partition coefficient (Wildman–Crippen LogP) is 3.08. The van der Waals surface area contributed by atoms with Crippen LogP contribution < -0.4 is 15.5 Å². The summed E-state index contributed by atoms with van der Waals surface area (Å²) in [5.74, 6) is -0.169. The van der Waals surface area contributed by atoms with Gasteiger partial charge in [0, 0.05) is 44.1 Å². The molecular formula is C24H30N4O3. The normalized spacial score (nSPS) is 19.0. The highest BCUT2D eigenvalue weighted by Gasteiger charge is 2.28. The quantitative estimate of drug-likeness (QED) is 0.777. The minimum absolute atomic E-state index is 0.00877. The zero-order valence-electron chi connectivity index (χ0n) is 17.8. The van der Waals surface area contributed by atoms with E-state index in [2.05, 4.69) is 39.8 Å². The van der Waals surface area contributed by atoms with Crippen molar-refractivity contribution < 1.29 is 14.3 Å². The molecule has 0 bridgehead atoms. The average molecular weight is 423 g/mol. The molecule has 7 nitrogen and oxygen atoms in total. The van der Waals surface area contributed by atoms with Crippen molar-refractivity contribution in [2.24, 2.45) is 5.92 Å². The number of nitrogens with one attached hydrogen (secondary N) is 2. The summed E-state index contributed by atoms with van der Waals surface area (Å²) in [6.07, 6.45) is 1.63. The van der Waals surface area contributed by atoms with E-state index in [0.29, 0.717) is 19.6 Å². The highest BCUT2D eigenvalue weighted by atomic mass is 16.5. The Labute approximate surface area is 183 Å². The van der Waals surface area contributed by atoms with E-state index in [9.17, 15) is 9.59 Å². The lowest BCUT2D eigenvalue weighted by atomic mass is 9.97. The van der Waals surface area contributed by atoms with Gasteiger partial charge in [-0.25, -0.2) is 4.79 Å². The molecular weight excluding hydrogens is 392 g/mol. The highest BCUT2D eigenvalue weighted by molar-refractivity contribution is 5.90.